The van der Waals surface area contributed by atoms with E-state index >= 15 is 0 Å². The molecule has 0 atom stereocenters. The molecule has 0 aliphatic heterocycles. The second-order valence-electron chi connectivity index (χ2n) is 2.90. The minimum absolute atomic E-state index is 0.0365. The van der Waals surface area contributed by atoms with Crippen LogP contribution in [0.3, 0.4) is 0 Å². The Hall–Kier alpha value is -0.780. The molecular formula is C9H12ClNO3S. The van der Waals surface area contributed by atoms with Crippen molar-refractivity contribution >= 4 is 19.7 Å². The molecule has 0 amide bonds. The number of ether oxygens (including phenoxy) is 1. The highest BCUT2D eigenvalue weighted by Gasteiger charge is 2.10. The zero-order valence-corrected chi connectivity index (χ0v) is 9.59. The normalized spacial score (nSPS) is 11.3. The second kappa shape index (κ2) is 5.34. The average Bonchev–Trinajstić information content (AvgIpc) is 2.17. The van der Waals surface area contributed by atoms with E-state index in [4.69, 9.17) is 21.2 Å². The summed E-state index contributed by atoms with van der Waals surface area (Å²) in [5, 5.41) is 0. The van der Waals surface area contributed by atoms with E-state index in [1.165, 1.54) is 12.1 Å². The van der Waals surface area contributed by atoms with Gasteiger partial charge in [-0.15, -0.1) is 0 Å². The molecule has 15 heavy (non-hydrogen) atoms. The van der Waals surface area contributed by atoms with Crippen LogP contribution in [0.2, 0.25) is 0 Å². The Kier molecular flexibility index (Phi) is 4.38. The molecule has 0 bridgehead atoms. The van der Waals surface area contributed by atoms with Gasteiger partial charge in [-0.2, -0.15) is 0 Å². The van der Waals surface area contributed by atoms with Gasteiger partial charge in [-0.05, 0) is 25.1 Å². The first-order valence-corrected chi connectivity index (χ1v) is 6.72. The van der Waals surface area contributed by atoms with Gasteiger partial charge in [0.2, 0.25) is 0 Å². The van der Waals surface area contributed by atoms with E-state index in [0.717, 1.165) is 6.42 Å². The molecule has 0 heterocycles. The van der Waals surface area contributed by atoms with Gasteiger partial charge in [-0.25, -0.2) is 8.42 Å². The van der Waals surface area contributed by atoms with Crippen LogP contribution in [0.1, 0.15) is 6.42 Å². The molecule has 0 fully saturated rings. The van der Waals surface area contributed by atoms with E-state index in [1.54, 1.807) is 12.1 Å². The van der Waals surface area contributed by atoms with Crippen molar-refractivity contribution in [1.29, 1.82) is 0 Å². The quantitative estimate of drug-likeness (QED) is 0.632. The molecule has 0 aromatic heterocycles. The molecule has 1 rings (SSSR count). The highest BCUT2D eigenvalue weighted by atomic mass is 35.7. The van der Waals surface area contributed by atoms with Gasteiger partial charge in [0.25, 0.3) is 9.05 Å². The lowest BCUT2D eigenvalue weighted by Gasteiger charge is -2.05. The lowest BCUT2D eigenvalue weighted by molar-refractivity contribution is 0.312. The van der Waals surface area contributed by atoms with Gasteiger partial charge < -0.3 is 10.5 Å². The monoisotopic (exact) mass is 249 g/mol. The number of benzene rings is 1. The molecule has 0 unspecified atom stereocenters. The zero-order valence-electron chi connectivity index (χ0n) is 8.02. The zero-order chi connectivity index (χ0) is 11.3. The summed E-state index contributed by atoms with van der Waals surface area (Å²) in [5.41, 5.74) is 5.29. The van der Waals surface area contributed by atoms with Crippen LogP contribution in [-0.4, -0.2) is 21.6 Å². The first-order chi connectivity index (χ1) is 7.04. The summed E-state index contributed by atoms with van der Waals surface area (Å²) in [4.78, 5) is 0.0365. The molecule has 1 aromatic carbocycles. The summed E-state index contributed by atoms with van der Waals surface area (Å²) in [7, 11) is 1.50. The highest BCUT2D eigenvalue weighted by Crippen LogP contribution is 2.20. The molecule has 0 radical (unpaired) electrons. The number of hydrogen-bond donors (Lipinski definition) is 1. The predicted octanol–water partition coefficient (Wildman–Crippen LogP) is 1.34. The van der Waals surface area contributed by atoms with Crippen LogP contribution in [0.4, 0.5) is 0 Å². The Morgan fingerprint density at radius 1 is 1.40 bits per heavy atom. The van der Waals surface area contributed by atoms with Gasteiger partial charge in [-0.3, -0.25) is 0 Å². The van der Waals surface area contributed by atoms with Gasteiger partial charge in [0.15, 0.2) is 0 Å². The summed E-state index contributed by atoms with van der Waals surface area (Å²) in [6, 6.07) is 6.05. The number of rotatable bonds is 5. The Labute approximate surface area is 93.4 Å². The maximum Gasteiger partial charge on any atom is 0.261 e. The fourth-order valence-corrected chi connectivity index (χ4v) is 1.77. The van der Waals surface area contributed by atoms with Crippen molar-refractivity contribution in [3.05, 3.63) is 24.3 Å². The molecule has 0 aliphatic carbocycles. The van der Waals surface area contributed by atoms with E-state index in [0.29, 0.717) is 18.9 Å². The molecule has 0 aliphatic rings. The van der Waals surface area contributed by atoms with Crippen molar-refractivity contribution in [2.24, 2.45) is 5.73 Å². The van der Waals surface area contributed by atoms with E-state index in [-0.39, 0.29) is 4.90 Å². The van der Waals surface area contributed by atoms with Crippen LogP contribution < -0.4 is 10.5 Å². The fraction of sp³-hybridized carbons (Fsp3) is 0.333. The van der Waals surface area contributed by atoms with Crippen molar-refractivity contribution in [3.63, 3.8) is 0 Å². The van der Waals surface area contributed by atoms with Crippen LogP contribution in [-0.2, 0) is 9.05 Å². The molecule has 4 nitrogen and oxygen atoms in total. The first-order valence-electron chi connectivity index (χ1n) is 4.41. The van der Waals surface area contributed by atoms with Crippen molar-refractivity contribution in [2.75, 3.05) is 13.2 Å². The molecule has 2 N–H and O–H groups in total. The summed E-state index contributed by atoms with van der Waals surface area (Å²) in [5.74, 6) is 0.477. The topological polar surface area (TPSA) is 69.4 Å². The third-order valence-electron chi connectivity index (χ3n) is 1.70. The van der Waals surface area contributed by atoms with E-state index in [1.807, 2.05) is 0 Å². The van der Waals surface area contributed by atoms with Crippen molar-refractivity contribution in [1.82, 2.24) is 0 Å². The lowest BCUT2D eigenvalue weighted by atomic mass is 10.3. The van der Waals surface area contributed by atoms with Crippen LogP contribution in [0.25, 0.3) is 0 Å². The fourth-order valence-electron chi connectivity index (χ4n) is 0.989. The molecule has 6 heteroatoms. The summed E-state index contributed by atoms with van der Waals surface area (Å²) < 4.78 is 27.3. The third kappa shape index (κ3) is 4.07. The van der Waals surface area contributed by atoms with E-state index < -0.39 is 9.05 Å². The Bertz CT molecular complexity index is 419. The molecule has 0 spiro atoms. The standard InChI is InChI=1S/C9H12ClNO3S/c10-15(12,13)9-4-1-3-8(7-9)14-6-2-5-11/h1,3-4,7H,2,5-6,11H2. The SMILES string of the molecule is NCCCOc1cccc(S(=O)(=O)Cl)c1. The molecule has 84 valence electrons. The number of hydrogen-bond acceptors (Lipinski definition) is 4. The van der Waals surface area contributed by atoms with Gasteiger partial charge in [0.1, 0.15) is 5.75 Å². The number of halogens is 1. The Balaban J connectivity index is 2.75. The summed E-state index contributed by atoms with van der Waals surface area (Å²) in [6.07, 6.45) is 0.720. The minimum atomic E-state index is -3.69. The summed E-state index contributed by atoms with van der Waals surface area (Å²) >= 11 is 0. The molecule has 1 aromatic rings. The molecule has 0 saturated carbocycles. The molecular weight excluding hydrogens is 238 g/mol. The Morgan fingerprint density at radius 2 is 2.13 bits per heavy atom. The van der Waals surface area contributed by atoms with Gasteiger partial charge >= 0.3 is 0 Å². The van der Waals surface area contributed by atoms with Gasteiger partial charge in [0.05, 0.1) is 11.5 Å². The highest BCUT2D eigenvalue weighted by molar-refractivity contribution is 8.13. The molecule has 0 saturated heterocycles. The summed E-state index contributed by atoms with van der Waals surface area (Å²) in [6.45, 7) is 0.996. The third-order valence-corrected chi connectivity index (χ3v) is 3.06. The largest absolute Gasteiger partial charge is 0.494 e. The van der Waals surface area contributed by atoms with Gasteiger partial charge in [-0.1, -0.05) is 6.07 Å². The van der Waals surface area contributed by atoms with Crippen LogP contribution >= 0.6 is 10.7 Å². The lowest BCUT2D eigenvalue weighted by Crippen LogP contribution is -2.06. The number of nitrogens with two attached hydrogens (primary N) is 1. The van der Waals surface area contributed by atoms with Crippen molar-refractivity contribution in [3.8, 4) is 5.75 Å². The van der Waals surface area contributed by atoms with Crippen LogP contribution in [0.15, 0.2) is 29.2 Å². The van der Waals surface area contributed by atoms with Crippen LogP contribution in [0, 0.1) is 0 Å². The second-order valence-corrected chi connectivity index (χ2v) is 5.47. The Morgan fingerprint density at radius 3 is 2.73 bits per heavy atom. The maximum atomic E-state index is 11.0. The van der Waals surface area contributed by atoms with Crippen molar-refractivity contribution in [2.45, 2.75) is 11.3 Å². The average molecular weight is 250 g/mol. The smallest absolute Gasteiger partial charge is 0.261 e. The minimum Gasteiger partial charge on any atom is -0.494 e. The van der Waals surface area contributed by atoms with E-state index in [9.17, 15) is 8.42 Å². The first kappa shape index (κ1) is 12.3. The van der Waals surface area contributed by atoms with E-state index in [2.05, 4.69) is 0 Å². The maximum absolute atomic E-state index is 11.0. The van der Waals surface area contributed by atoms with Gasteiger partial charge in [0, 0.05) is 16.7 Å². The van der Waals surface area contributed by atoms with Crippen LogP contribution in [0.5, 0.6) is 5.75 Å². The predicted molar refractivity (Wildman–Crippen MR) is 58.6 cm³/mol. The van der Waals surface area contributed by atoms with Crippen molar-refractivity contribution < 1.29 is 13.2 Å².